The molecule has 1 heterocycles. The van der Waals surface area contributed by atoms with Gasteiger partial charge in [-0.1, -0.05) is 35.3 Å². The zero-order valence-electron chi connectivity index (χ0n) is 12.6. The van der Waals surface area contributed by atoms with Gasteiger partial charge >= 0.3 is 0 Å². The summed E-state index contributed by atoms with van der Waals surface area (Å²) in [6.45, 7) is 0.278. The number of anilines is 1. The van der Waals surface area contributed by atoms with Crippen molar-refractivity contribution in [2.45, 2.75) is 6.54 Å². The van der Waals surface area contributed by atoms with Crippen LogP contribution in [0.15, 0.2) is 48.7 Å². The number of nitrogens with one attached hydrogen (secondary N) is 1. The summed E-state index contributed by atoms with van der Waals surface area (Å²) in [5.74, 6) is -2.31. The molecule has 0 spiro atoms. The number of hydrogen-bond acceptors (Lipinski definition) is 2. The maximum atomic E-state index is 13.3. The van der Waals surface area contributed by atoms with Crippen molar-refractivity contribution >= 4 is 34.9 Å². The number of hydrogen-bond donors (Lipinski definition) is 1. The molecule has 0 atom stereocenters. The molecule has 1 aromatic heterocycles. The Morgan fingerprint density at radius 3 is 2.68 bits per heavy atom. The van der Waals surface area contributed by atoms with Gasteiger partial charge in [0.05, 0.1) is 22.8 Å². The summed E-state index contributed by atoms with van der Waals surface area (Å²) in [6.07, 6.45) is 1.50. The Kier molecular flexibility index (Phi) is 5.01. The molecule has 4 nitrogen and oxygen atoms in total. The van der Waals surface area contributed by atoms with Crippen LogP contribution < -0.4 is 5.32 Å². The molecule has 0 saturated heterocycles. The van der Waals surface area contributed by atoms with E-state index in [0.717, 1.165) is 17.7 Å². The van der Waals surface area contributed by atoms with Crippen LogP contribution in [-0.2, 0) is 6.54 Å². The Labute approximate surface area is 152 Å². The number of aromatic nitrogens is 2. The zero-order chi connectivity index (χ0) is 18.0. The topological polar surface area (TPSA) is 46.9 Å². The van der Waals surface area contributed by atoms with Gasteiger partial charge < -0.3 is 5.32 Å². The van der Waals surface area contributed by atoms with E-state index in [-0.39, 0.29) is 12.1 Å². The second kappa shape index (κ2) is 7.21. The minimum Gasteiger partial charge on any atom is -0.307 e. The fourth-order valence-corrected chi connectivity index (χ4v) is 2.60. The quantitative estimate of drug-likeness (QED) is 0.707. The average Bonchev–Trinajstić information content (AvgIpc) is 3.01. The van der Waals surface area contributed by atoms with Crippen molar-refractivity contribution in [3.63, 3.8) is 0 Å². The van der Waals surface area contributed by atoms with Crippen molar-refractivity contribution in [2.75, 3.05) is 5.32 Å². The third kappa shape index (κ3) is 3.81. The average molecular weight is 382 g/mol. The van der Waals surface area contributed by atoms with E-state index in [4.69, 9.17) is 23.2 Å². The van der Waals surface area contributed by atoms with E-state index in [1.54, 1.807) is 24.3 Å². The molecule has 8 heteroatoms. The Hall–Kier alpha value is -2.44. The van der Waals surface area contributed by atoms with Crippen molar-refractivity contribution in [3.8, 4) is 0 Å². The lowest BCUT2D eigenvalue weighted by Crippen LogP contribution is -2.16. The van der Waals surface area contributed by atoms with Gasteiger partial charge in [-0.05, 0) is 29.8 Å². The van der Waals surface area contributed by atoms with Gasteiger partial charge in [-0.15, -0.1) is 0 Å². The standard InChI is InChI=1S/C17H11Cl2F2N3O/c18-12-3-1-2-11(16(12)19)9-24-15(6-7-22-24)23-17(25)10-4-5-13(20)14(21)8-10/h1-8H,9H2,(H,23,25). The maximum Gasteiger partial charge on any atom is 0.256 e. The van der Waals surface area contributed by atoms with E-state index in [0.29, 0.717) is 15.9 Å². The summed E-state index contributed by atoms with van der Waals surface area (Å²) in [6, 6.07) is 9.72. The van der Waals surface area contributed by atoms with Crippen LogP contribution in [0.4, 0.5) is 14.6 Å². The zero-order valence-corrected chi connectivity index (χ0v) is 14.2. The van der Waals surface area contributed by atoms with Crippen molar-refractivity contribution < 1.29 is 13.6 Å². The lowest BCUT2D eigenvalue weighted by Gasteiger charge is -2.11. The molecule has 0 aliphatic carbocycles. The van der Waals surface area contributed by atoms with Crippen LogP contribution in [0.5, 0.6) is 0 Å². The van der Waals surface area contributed by atoms with E-state index in [1.165, 1.54) is 16.9 Å². The number of rotatable bonds is 4. The molecule has 0 aliphatic rings. The summed E-state index contributed by atoms with van der Waals surface area (Å²) in [4.78, 5) is 12.2. The Bertz CT molecular complexity index is 943. The van der Waals surface area contributed by atoms with E-state index >= 15 is 0 Å². The highest BCUT2D eigenvalue weighted by molar-refractivity contribution is 6.42. The number of carbonyl (C=O) groups excluding carboxylic acids is 1. The smallest absolute Gasteiger partial charge is 0.256 e. The van der Waals surface area contributed by atoms with Crippen molar-refractivity contribution in [1.29, 1.82) is 0 Å². The maximum absolute atomic E-state index is 13.3. The minimum atomic E-state index is -1.09. The normalized spacial score (nSPS) is 10.7. The molecule has 1 N–H and O–H groups in total. The largest absolute Gasteiger partial charge is 0.307 e. The molecule has 0 radical (unpaired) electrons. The molecule has 3 aromatic rings. The van der Waals surface area contributed by atoms with Crippen molar-refractivity contribution in [2.24, 2.45) is 0 Å². The van der Waals surface area contributed by atoms with Crippen LogP contribution in [0, 0.1) is 11.6 Å². The van der Waals surface area contributed by atoms with Crippen LogP contribution in [0.25, 0.3) is 0 Å². The highest BCUT2D eigenvalue weighted by Gasteiger charge is 2.13. The van der Waals surface area contributed by atoms with Crippen LogP contribution in [0.3, 0.4) is 0 Å². The fraction of sp³-hybridized carbons (Fsp3) is 0.0588. The second-order valence-corrected chi connectivity index (χ2v) is 5.96. The highest BCUT2D eigenvalue weighted by Crippen LogP contribution is 2.26. The molecule has 0 aliphatic heterocycles. The molecule has 2 aromatic carbocycles. The molecule has 0 bridgehead atoms. The number of carbonyl (C=O) groups is 1. The van der Waals surface area contributed by atoms with E-state index in [9.17, 15) is 13.6 Å². The number of halogens is 4. The first-order valence-electron chi connectivity index (χ1n) is 7.17. The summed E-state index contributed by atoms with van der Waals surface area (Å²) in [5.41, 5.74) is 0.716. The first-order valence-corrected chi connectivity index (χ1v) is 7.92. The molecular weight excluding hydrogens is 371 g/mol. The Balaban J connectivity index is 1.81. The lowest BCUT2D eigenvalue weighted by atomic mass is 10.2. The minimum absolute atomic E-state index is 0.00700. The number of amides is 1. The van der Waals surface area contributed by atoms with Crippen LogP contribution >= 0.6 is 23.2 Å². The first-order chi connectivity index (χ1) is 12.0. The van der Waals surface area contributed by atoms with Gasteiger partial charge in [-0.25, -0.2) is 13.5 Å². The predicted octanol–water partition coefficient (Wildman–Crippen LogP) is 4.77. The van der Waals surface area contributed by atoms with Gasteiger partial charge in [0, 0.05) is 11.6 Å². The predicted molar refractivity (Wildman–Crippen MR) is 92.1 cm³/mol. The van der Waals surface area contributed by atoms with Crippen LogP contribution in [-0.4, -0.2) is 15.7 Å². The molecule has 0 unspecified atom stereocenters. The van der Waals surface area contributed by atoms with E-state index in [1.807, 2.05) is 0 Å². The lowest BCUT2D eigenvalue weighted by molar-refractivity contribution is 0.102. The van der Waals surface area contributed by atoms with Gasteiger partial charge in [-0.3, -0.25) is 4.79 Å². The molecule has 1 amide bonds. The van der Waals surface area contributed by atoms with Crippen LogP contribution in [0.1, 0.15) is 15.9 Å². The molecular formula is C17H11Cl2F2N3O. The fourth-order valence-electron chi connectivity index (χ4n) is 2.22. The summed E-state index contributed by atoms with van der Waals surface area (Å²) >= 11 is 12.1. The Morgan fingerprint density at radius 2 is 1.92 bits per heavy atom. The third-order valence-corrected chi connectivity index (χ3v) is 4.35. The van der Waals surface area contributed by atoms with Crippen molar-refractivity contribution in [1.82, 2.24) is 9.78 Å². The van der Waals surface area contributed by atoms with E-state index in [2.05, 4.69) is 10.4 Å². The van der Waals surface area contributed by atoms with Crippen LogP contribution in [0.2, 0.25) is 10.0 Å². The second-order valence-electron chi connectivity index (χ2n) is 5.17. The molecule has 3 rings (SSSR count). The van der Waals surface area contributed by atoms with Gasteiger partial charge in [0.15, 0.2) is 11.6 Å². The number of nitrogens with zero attached hydrogens (tertiary/aromatic N) is 2. The van der Waals surface area contributed by atoms with Gasteiger partial charge in [-0.2, -0.15) is 5.10 Å². The summed E-state index contributed by atoms with van der Waals surface area (Å²) in [7, 11) is 0. The van der Waals surface area contributed by atoms with Crippen molar-refractivity contribution in [3.05, 3.63) is 81.5 Å². The van der Waals surface area contributed by atoms with Gasteiger partial charge in [0.2, 0.25) is 0 Å². The first kappa shape index (κ1) is 17.4. The van der Waals surface area contributed by atoms with Gasteiger partial charge in [0.1, 0.15) is 5.82 Å². The summed E-state index contributed by atoms with van der Waals surface area (Å²) in [5, 5.41) is 7.55. The summed E-state index contributed by atoms with van der Waals surface area (Å²) < 4.78 is 27.7. The van der Waals surface area contributed by atoms with Gasteiger partial charge in [0.25, 0.3) is 5.91 Å². The van der Waals surface area contributed by atoms with E-state index < -0.39 is 17.5 Å². The molecule has 128 valence electrons. The third-order valence-electron chi connectivity index (χ3n) is 3.49. The monoisotopic (exact) mass is 381 g/mol. The molecule has 0 saturated carbocycles. The molecule has 25 heavy (non-hydrogen) atoms. The SMILES string of the molecule is O=C(Nc1ccnn1Cc1cccc(Cl)c1Cl)c1ccc(F)c(F)c1. The molecule has 0 fully saturated rings. The Morgan fingerprint density at radius 1 is 1.12 bits per heavy atom. The number of benzene rings is 2. The highest BCUT2D eigenvalue weighted by atomic mass is 35.5.